The van der Waals surface area contributed by atoms with Gasteiger partial charge in [0.25, 0.3) is 0 Å². The summed E-state index contributed by atoms with van der Waals surface area (Å²) in [4.78, 5) is 27.7. The Morgan fingerprint density at radius 3 is 2.50 bits per heavy atom. The number of anilines is 1. The van der Waals surface area contributed by atoms with Gasteiger partial charge in [0.15, 0.2) is 0 Å². The number of thiophene rings is 1. The normalized spacial score (nSPS) is 15.6. The lowest BCUT2D eigenvalue weighted by atomic mass is 9.95. The molecule has 138 valence electrons. The Labute approximate surface area is 158 Å². The van der Waals surface area contributed by atoms with Gasteiger partial charge in [0.1, 0.15) is 0 Å². The van der Waals surface area contributed by atoms with Gasteiger partial charge < -0.3 is 15.5 Å². The largest absolute Gasteiger partial charge is 0.347 e. The van der Waals surface area contributed by atoms with E-state index in [1.165, 1.54) is 4.88 Å². The third kappa shape index (κ3) is 5.16. The summed E-state index contributed by atoms with van der Waals surface area (Å²) < 4.78 is 0. The number of aryl methyl sites for hydroxylation is 1. The number of carbonyl (C=O) groups is 2. The maximum Gasteiger partial charge on any atom is 0.313 e. The molecule has 0 unspecified atom stereocenters. The number of nitrogens with zero attached hydrogens (tertiary/aromatic N) is 1. The van der Waals surface area contributed by atoms with Crippen LogP contribution >= 0.6 is 11.3 Å². The average molecular weight is 372 g/mol. The van der Waals surface area contributed by atoms with Crippen molar-refractivity contribution in [2.24, 2.45) is 0 Å². The van der Waals surface area contributed by atoms with Crippen molar-refractivity contribution in [2.75, 3.05) is 31.5 Å². The predicted molar refractivity (Wildman–Crippen MR) is 106 cm³/mol. The van der Waals surface area contributed by atoms with Gasteiger partial charge in [0.2, 0.25) is 0 Å². The lowest BCUT2D eigenvalue weighted by molar-refractivity contribution is -0.136. The van der Waals surface area contributed by atoms with Crippen molar-refractivity contribution in [2.45, 2.75) is 25.7 Å². The van der Waals surface area contributed by atoms with Gasteiger partial charge >= 0.3 is 11.8 Å². The van der Waals surface area contributed by atoms with E-state index in [9.17, 15) is 9.59 Å². The van der Waals surface area contributed by atoms with Crippen molar-refractivity contribution in [3.05, 3.63) is 52.2 Å². The Hall–Kier alpha value is -2.18. The van der Waals surface area contributed by atoms with Gasteiger partial charge in [0, 0.05) is 23.7 Å². The molecule has 0 radical (unpaired) electrons. The highest BCUT2D eigenvalue weighted by Gasteiger charge is 2.21. The van der Waals surface area contributed by atoms with Crippen molar-refractivity contribution in [3.63, 3.8) is 0 Å². The van der Waals surface area contributed by atoms with E-state index in [-0.39, 0.29) is 0 Å². The van der Waals surface area contributed by atoms with Gasteiger partial charge in [-0.25, -0.2) is 0 Å². The summed E-state index contributed by atoms with van der Waals surface area (Å²) in [7, 11) is 0. The van der Waals surface area contributed by atoms with Crippen molar-refractivity contribution in [3.8, 4) is 0 Å². The molecule has 26 heavy (non-hydrogen) atoms. The number of hydrogen-bond acceptors (Lipinski definition) is 4. The van der Waals surface area contributed by atoms with Crippen LogP contribution in [-0.2, 0) is 9.59 Å². The summed E-state index contributed by atoms with van der Waals surface area (Å²) in [6.07, 6.45) is 2.31. The zero-order valence-corrected chi connectivity index (χ0v) is 15.8. The molecule has 3 rings (SSSR count). The molecule has 0 aliphatic carbocycles. The predicted octanol–water partition coefficient (Wildman–Crippen LogP) is 2.99. The quantitative estimate of drug-likeness (QED) is 0.795. The Balaban J connectivity index is 1.35. The van der Waals surface area contributed by atoms with Crippen molar-refractivity contribution < 1.29 is 9.59 Å². The fourth-order valence-electron chi connectivity index (χ4n) is 3.20. The van der Waals surface area contributed by atoms with Crippen LogP contribution in [0.5, 0.6) is 0 Å². The number of rotatable bonds is 5. The molecule has 0 bridgehead atoms. The Kier molecular flexibility index (Phi) is 6.41. The van der Waals surface area contributed by atoms with E-state index >= 15 is 0 Å². The van der Waals surface area contributed by atoms with Gasteiger partial charge in [-0.3, -0.25) is 9.59 Å². The van der Waals surface area contributed by atoms with Crippen LogP contribution in [0.3, 0.4) is 0 Å². The molecule has 1 saturated heterocycles. The summed E-state index contributed by atoms with van der Waals surface area (Å²) in [6, 6.07) is 11.7. The van der Waals surface area contributed by atoms with Crippen molar-refractivity contribution >= 4 is 28.8 Å². The van der Waals surface area contributed by atoms with E-state index in [0.717, 1.165) is 38.0 Å². The number of hydrogen-bond donors (Lipinski definition) is 2. The third-order valence-corrected chi connectivity index (χ3v) is 5.80. The first kappa shape index (κ1) is 18.6. The molecule has 2 heterocycles. The fourth-order valence-corrected chi connectivity index (χ4v) is 4.10. The molecule has 1 fully saturated rings. The fraction of sp³-hybridized carbons (Fsp3) is 0.400. The minimum atomic E-state index is -0.620. The number of benzene rings is 1. The SMILES string of the molecule is Cc1ccc(NC(=O)C(=O)NCCN2CCC(c3cccs3)CC2)cc1. The summed E-state index contributed by atoms with van der Waals surface area (Å²) in [6.45, 7) is 5.31. The summed E-state index contributed by atoms with van der Waals surface area (Å²) >= 11 is 1.84. The van der Waals surface area contributed by atoms with Crippen LogP contribution in [-0.4, -0.2) is 42.9 Å². The van der Waals surface area contributed by atoms with Crippen LogP contribution in [0.1, 0.15) is 29.2 Å². The van der Waals surface area contributed by atoms with Crippen LogP contribution in [0.15, 0.2) is 41.8 Å². The Morgan fingerprint density at radius 2 is 1.85 bits per heavy atom. The zero-order valence-electron chi connectivity index (χ0n) is 15.0. The van der Waals surface area contributed by atoms with Crippen LogP contribution in [0.2, 0.25) is 0 Å². The molecule has 1 aliphatic rings. The Morgan fingerprint density at radius 1 is 1.12 bits per heavy atom. The lowest BCUT2D eigenvalue weighted by Crippen LogP contribution is -2.42. The second kappa shape index (κ2) is 8.96. The van der Waals surface area contributed by atoms with Crippen molar-refractivity contribution in [1.29, 1.82) is 0 Å². The second-order valence-corrected chi connectivity index (χ2v) is 7.69. The molecule has 2 aromatic rings. The smallest absolute Gasteiger partial charge is 0.313 e. The maximum absolute atomic E-state index is 11.9. The molecule has 1 aromatic carbocycles. The van der Waals surface area contributed by atoms with E-state index in [1.807, 2.05) is 30.4 Å². The zero-order chi connectivity index (χ0) is 18.4. The maximum atomic E-state index is 11.9. The summed E-state index contributed by atoms with van der Waals surface area (Å²) in [5.41, 5.74) is 1.74. The number of nitrogens with one attached hydrogen (secondary N) is 2. The van der Waals surface area contributed by atoms with Gasteiger partial charge in [-0.2, -0.15) is 0 Å². The molecule has 2 N–H and O–H groups in total. The summed E-state index contributed by atoms with van der Waals surface area (Å²) in [5, 5.41) is 7.46. The highest BCUT2D eigenvalue weighted by atomic mass is 32.1. The van der Waals surface area contributed by atoms with Crippen LogP contribution in [0.4, 0.5) is 5.69 Å². The minimum Gasteiger partial charge on any atom is -0.347 e. The van der Waals surface area contributed by atoms with Crippen LogP contribution in [0, 0.1) is 6.92 Å². The molecule has 0 atom stereocenters. The molecule has 2 amide bonds. The third-order valence-electron chi connectivity index (χ3n) is 4.76. The molecular formula is C20H25N3O2S. The molecule has 1 aromatic heterocycles. The molecule has 5 nitrogen and oxygen atoms in total. The standard InChI is InChI=1S/C20H25N3O2S/c1-15-4-6-17(7-5-15)22-20(25)19(24)21-10-13-23-11-8-16(9-12-23)18-3-2-14-26-18/h2-7,14,16H,8-13H2,1H3,(H,21,24)(H,22,25). The highest BCUT2D eigenvalue weighted by molar-refractivity contribution is 7.10. The van der Waals surface area contributed by atoms with Crippen molar-refractivity contribution in [1.82, 2.24) is 10.2 Å². The monoisotopic (exact) mass is 371 g/mol. The second-order valence-electron chi connectivity index (χ2n) is 6.71. The van der Waals surface area contributed by atoms with Gasteiger partial charge in [0.05, 0.1) is 0 Å². The number of likely N-dealkylation sites (tertiary alicyclic amines) is 1. The Bertz CT molecular complexity index is 720. The van der Waals surface area contributed by atoms with Crippen LogP contribution in [0.25, 0.3) is 0 Å². The number of piperidine rings is 1. The number of amides is 2. The van der Waals surface area contributed by atoms with Gasteiger partial charge in [-0.15, -0.1) is 11.3 Å². The molecule has 1 aliphatic heterocycles. The first-order valence-electron chi connectivity index (χ1n) is 9.03. The minimum absolute atomic E-state index is 0.490. The van der Waals surface area contributed by atoms with E-state index in [0.29, 0.717) is 18.2 Å². The van der Waals surface area contributed by atoms with E-state index in [4.69, 9.17) is 0 Å². The summed E-state index contributed by atoms with van der Waals surface area (Å²) in [5.74, 6) is -0.537. The molecule has 0 saturated carbocycles. The lowest BCUT2D eigenvalue weighted by Gasteiger charge is -2.31. The van der Waals surface area contributed by atoms with Gasteiger partial charge in [-0.1, -0.05) is 23.8 Å². The topological polar surface area (TPSA) is 61.4 Å². The molecule has 6 heteroatoms. The first-order valence-corrected chi connectivity index (χ1v) is 9.91. The first-order chi connectivity index (χ1) is 12.6. The van der Waals surface area contributed by atoms with Crippen LogP contribution < -0.4 is 10.6 Å². The highest BCUT2D eigenvalue weighted by Crippen LogP contribution is 2.30. The molecule has 0 spiro atoms. The van der Waals surface area contributed by atoms with Gasteiger partial charge in [-0.05, 0) is 62.4 Å². The molecular weight excluding hydrogens is 346 g/mol. The number of carbonyl (C=O) groups excluding carboxylic acids is 2. The van der Waals surface area contributed by atoms with E-state index in [2.05, 4.69) is 33.0 Å². The van der Waals surface area contributed by atoms with E-state index in [1.54, 1.807) is 12.1 Å². The van der Waals surface area contributed by atoms with E-state index < -0.39 is 11.8 Å². The average Bonchev–Trinajstić information content (AvgIpc) is 3.19.